The van der Waals surface area contributed by atoms with E-state index in [9.17, 15) is 8.78 Å². The van der Waals surface area contributed by atoms with Crippen molar-refractivity contribution in [3.8, 4) is 0 Å². The zero-order valence-corrected chi connectivity index (χ0v) is 13.4. The highest BCUT2D eigenvalue weighted by Gasteiger charge is 2.26. The van der Waals surface area contributed by atoms with E-state index in [0.29, 0.717) is 29.8 Å². The Morgan fingerprint density at radius 2 is 2.00 bits per heavy atom. The lowest BCUT2D eigenvalue weighted by atomic mass is 10.2. The first-order valence-corrected chi connectivity index (χ1v) is 7.99. The molecule has 1 aromatic heterocycles. The first-order valence-electron chi connectivity index (χ1n) is 7.99. The van der Waals surface area contributed by atoms with Gasteiger partial charge in [-0.3, -0.25) is 0 Å². The predicted octanol–water partition coefficient (Wildman–Crippen LogP) is 3.04. The minimum absolute atomic E-state index is 0.0192. The molecule has 1 aliphatic carbocycles. The van der Waals surface area contributed by atoms with Gasteiger partial charge in [0.1, 0.15) is 5.82 Å². The van der Waals surface area contributed by atoms with Crippen LogP contribution in [0, 0.1) is 11.6 Å². The second kappa shape index (κ2) is 7.09. The maximum Gasteiger partial charge on any atom is 0.225 e. The second-order valence-electron chi connectivity index (χ2n) is 6.11. The SMILES string of the molecule is C[C@H](CO)Nc1nc(NCc2ccc(F)c(F)c2)cc(C2CC2)n1. The molecule has 0 unspecified atom stereocenters. The number of rotatable bonds is 7. The smallest absolute Gasteiger partial charge is 0.225 e. The van der Waals surface area contributed by atoms with E-state index < -0.39 is 11.6 Å². The Balaban J connectivity index is 1.74. The van der Waals surface area contributed by atoms with Crippen molar-refractivity contribution in [2.24, 2.45) is 0 Å². The summed E-state index contributed by atoms with van der Waals surface area (Å²) < 4.78 is 26.2. The van der Waals surface area contributed by atoms with Gasteiger partial charge in [-0.15, -0.1) is 0 Å². The normalized spacial score (nSPS) is 15.2. The van der Waals surface area contributed by atoms with Gasteiger partial charge < -0.3 is 15.7 Å². The number of halogens is 2. The van der Waals surface area contributed by atoms with E-state index in [2.05, 4.69) is 20.6 Å². The number of nitrogens with one attached hydrogen (secondary N) is 2. The Morgan fingerprint density at radius 3 is 2.67 bits per heavy atom. The minimum atomic E-state index is -0.866. The molecule has 7 heteroatoms. The molecule has 0 saturated heterocycles. The molecule has 2 aromatic rings. The monoisotopic (exact) mass is 334 g/mol. The fourth-order valence-electron chi connectivity index (χ4n) is 2.32. The van der Waals surface area contributed by atoms with Gasteiger partial charge in [0, 0.05) is 24.6 Å². The molecule has 3 rings (SSSR count). The van der Waals surface area contributed by atoms with Crippen molar-refractivity contribution in [2.45, 2.75) is 38.3 Å². The van der Waals surface area contributed by atoms with E-state index in [1.165, 1.54) is 12.1 Å². The van der Waals surface area contributed by atoms with Gasteiger partial charge in [-0.05, 0) is 37.5 Å². The molecule has 1 atom stereocenters. The number of benzene rings is 1. The van der Waals surface area contributed by atoms with Crippen LogP contribution in [0.15, 0.2) is 24.3 Å². The number of anilines is 2. The molecule has 3 N–H and O–H groups in total. The Morgan fingerprint density at radius 1 is 1.21 bits per heavy atom. The third-order valence-electron chi connectivity index (χ3n) is 3.85. The minimum Gasteiger partial charge on any atom is -0.394 e. The summed E-state index contributed by atoms with van der Waals surface area (Å²) in [5.41, 5.74) is 1.57. The lowest BCUT2D eigenvalue weighted by molar-refractivity contribution is 0.281. The molecule has 0 spiro atoms. The largest absolute Gasteiger partial charge is 0.394 e. The zero-order chi connectivity index (χ0) is 17.1. The van der Waals surface area contributed by atoms with Crippen molar-refractivity contribution < 1.29 is 13.9 Å². The van der Waals surface area contributed by atoms with E-state index >= 15 is 0 Å². The predicted molar refractivity (Wildman–Crippen MR) is 87.9 cm³/mol. The summed E-state index contributed by atoms with van der Waals surface area (Å²) in [6.45, 7) is 2.14. The van der Waals surface area contributed by atoms with Crippen LogP contribution in [0.25, 0.3) is 0 Å². The van der Waals surface area contributed by atoms with Crippen LogP contribution in [0.4, 0.5) is 20.5 Å². The quantitative estimate of drug-likeness (QED) is 0.726. The maximum absolute atomic E-state index is 13.3. The summed E-state index contributed by atoms with van der Waals surface area (Å²) in [5.74, 6) is -0.212. The third-order valence-corrected chi connectivity index (χ3v) is 3.85. The molecule has 1 aromatic carbocycles. The fourth-order valence-corrected chi connectivity index (χ4v) is 2.32. The molecule has 0 radical (unpaired) electrons. The molecular formula is C17H20F2N4O. The first-order chi connectivity index (χ1) is 11.5. The summed E-state index contributed by atoms with van der Waals surface area (Å²) in [7, 11) is 0. The Kier molecular flexibility index (Phi) is 4.89. The number of aliphatic hydroxyl groups is 1. The molecule has 128 valence electrons. The highest BCUT2D eigenvalue weighted by molar-refractivity contribution is 5.45. The molecule has 1 heterocycles. The molecular weight excluding hydrogens is 314 g/mol. The van der Waals surface area contributed by atoms with Crippen LogP contribution in [-0.2, 0) is 6.54 Å². The van der Waals surface area contributed by atoms with Crippen LogP contribution < -0.4 is 10.6 Å². The number of nitrogens with zero attached hydrogens (tertiary/aromatic N) is 2. The topological polar surface area (TPSA) is 70.1 Å². The van der Waals surface area contributed by atoms with Gasteiger partial charge in [-0.2, -0.15) is 4.98 Å². The molecule has 5 nitrogen and oxygen atoms in total. The van der Waals surface area contributed by atoms with Gasteiger partial charge in [0.25, 0.3) is 0 Å². The average Bonchev–Trinajstić information content (AvgIpc) is 3.40. The van der Waals surface area contributed by atoms with E-state index in [-0.39, 0.29) is 12.6 Å². The Labute approximate surface area is 139 Å². The van der Waals surface area contributed by atoms with Gasteiger partial charge in [-0.25, -0.2) is 13.8 Å². The third kappa shape index (κ3) is 4.17. The van der Waals surface area contributed by atoms with Crippen molar-refractivity contribution in [1.82, 2.24) is 9.97 Å². The molecule has 0 bridgehead atoms. The van der Waals surface area contributed by atoms with Gasteiger partial charge in [0.15, 0.2) is 11.6 Å². The van der Waals surface area contributed by atoms with Gasteiger partial charge >= 0.3 is 0 Å². The summed E-state index contributed by atoms with van der Waals surface area (Å²) in [4.78, 5) is 8.86. The molecule has 1 saturated carbocycles. The van der Waals surface area contributed by atoms with E-state index in [1.54, 1.807) is 0 Å². The van der Waals surface area contributed by atoms with Crippen LogP contribution in [0.1, 0.15) is 36.9 Å². The number of hydrogen-bond donors (Lipinski definition) is 3. The van der Waals surface area contributed by atoms with Crippen molar-refractivity contribution in [3.63, 3.8) is 0 Å². The fraction of sp³-hybridized carbons (Fsp3) is 0.412. The highest BCUT2D eigenvalue weighted by atomic mass is 19.2. The molecule has 24 heavy (non-hydrogen) atoms. The first kappa shape index (κ1) is 16.6. The Bertz CT molecular complexity index is 722. The summed E-state index contributed by atoms with van der Waals surface area (Å²) in [5, 5.41) is 15.3. The lowest BCUT2D eigenvalue weighted by Gasteiger charge is -2.14. The summed E-state index contributed by atoms with van der Waals surface area (Å²) in [6, 6.07) is 5.53. The molecule has 0 aliphatic heterocycles. The lowest BCUT2D eigenvalue weighted by Crippen LogP contribution is -2.21. The second-order valence-corrected chi connectivity index (χ2v) is 6.11. The van der Waals surface area contributed by atoms with Crippen molar-refractivity contribution in [1.29, 1.82) is 0 Å². The van der Waals surface area contributed by atoms with Crippen molar-refractivity contribution >= 4 is 11.8 Å². The average molecular weight is 334 g/mol. The van der Waals surface area contributed by atoms with Gasteiger partial charge in [-0.1, -0.05) is 6.07 Å². The van der Waals surface area contributed by atoms with Crippen molar-refractivity contribution in [3.05, 3.63) is 47.2 Å². The molecule has 0 amide bonds. The van der Waals surface area contributed by atoms with Crippen molar-refractivity contribution in [2.75, 3.05) is 17.2 Å². The Hall–Kier alpha value is -2.28. The van der Waals surface area contributed by atoms with Crippen LogP contribution >= 0.6 is 0 Å². The van der Waals surface area contributed by atoms with Gasteiger partial charge in [0.2, 0.25) is 5.95 Å². The van der Waals surface area contributed by atoms with E-state index in [1.807, 2.05) is 13.0 Å². The maximum atomic E-state index is 13.3. The number of aliphatic hydroxyl groups excluding tert-OH is 1. The number of hydrogen-bond acceptors (Lipinski definition) is 5. The molecule has 1 fully saturated rings. The standard InChI is InChI=1S/C17H20F2N4O/c1-10(9-24)21-17-22-15(12-3-4-12)7-16(23-17)20-8-11-2-5-13(18)14(19)6-11/h2,5-7,10,12,24H,3-4,8-9H2,1H3,(H2,20,21,22,23)/t10-/m1/s1. The summed E-state index contributed by atoms with van der Waals surface area (Å²) in [6.07, 6.45) is 2.21. The highest BCUT2D eigenvalue weighted by Crippen LogP contribution is 2.39. The van der Waals surface area contributed by atoms with Crippen LogP contribution in [0.3, 0.4) is 0 Å². The van der Waals surface area contributed by atoms with Crippen LogP contribution in [-0.4, -0.2) is 27.7 Å². The molecule has 1 aliphatic rings. The van der Waals surface area contributed by atoms with Crippen LogP contribution in [0.5, 0.6) is 0 Å². The van der Waals surface area contributed by atoms with E-state index in [4.69, 9.17) is 5.11 Å². The number of aromatic nitrogens is 2. The van der Waals surface area contributed by atoms with E-state index in [0.717, 1.165) is 24.6 Å². The summed E-state index contributed by atoms with van der Waals surface area (Å²) >= 11 is 0. The van der Waals surface area contributed by atoms with Crippen LogP contribution in [0.2, 0.25) is 0 Å². The zero-order valence-electron chi connectivity index (χ0n) is 13.4. The van der Waals surface area contributed by atoms with Gasteiger partial charge in [0.05, 0.1) is 12.3 Å².